The zero-order chi connectivity index (χ0) is 28.4. The van der Waals surface area contributed by atoms with Crippen molar-refractivity contribution < 1.29 is 32.2 Å². The van der Waals surface area contributed by atoms with Crippen LogP contribution in [0.5, 0.6) is 23.0 Å². The van der Waals surface area contributed by atoms with Crippen molar-refractivity contribution in [1.29, 1.82) is 0 Å². The second-order valence-electron chi connectivity index (χ2n) is 9.95. The van der Waals surface area contributed by atoms with Gasteiger partial charge in [-0.05, 0) is 63.2 Å². The highest BCUT2D eigenvalue weighted by molar-refractivity contribution is 7.92. The molecule has 0 spiro atoms. The molecule has 3 aromatic rings. The van der Waals surface area contributed by atoms with E-state index < -0.39 is 34.1 Å². The van der Waals surface area contributed by atoms with Crippen LogP contribution in [0.2, 0.25) is 0 Å². The van der Waals surface area contributed by atoms with Gasteiger partial charge in [0.25, 0.3) is 10.0 Å². The summed E-state index contributed by atoms with van der Waals surface area (Å²) in [5, 5.41) is 3.03. The van der Waals surface area contributed by atoms with Crippen molar-refractivity contribution in [3.63, 3.8) is 0 Å². The van der Waals surface area contributed by atoms with Crippen molar-refractivity contribution in [2.45, 2.75) is 43.7 Å². The Hall–Kier alpha value is -3.92. The van der Waals surface area contributed by atoms with Crippen LogP contribution in [0.25, 0.3) is 0 Å². The molecule has 0 aromatic heterocycles. The lowest BCUT2D eigenvalue weighted by Gasteiger charge is -2.38. The smallest absolute Gasteiger partial charge is 0.264 e. The fourth-order valence-electron chi connectivity index (χ4n) is 4.59. The Bertz CT molecular complexity index is 1450. The van der Waals surface area contributed by atoms with Crippen LogP contribution in [-0.4, -0.2) is 47.8 Å². The molecule has 9 nitrogen and oxygen atoms in total. The van der Waals surface area contributed by atoms with Crippen LogP contribution in [0, 0.1) is 6.92 Å². The third-order valence-corrected chi connectivity index (χ3v) is 8.33. The number of sulfonamides is 1. The van der Waals surface area contributed by atoms with Gasteiger partial charge in [0.1, 0.15) is 23.6 Å². The molecule has 1 unspecified atom stereocenters. The lowest BCUT2D eigenvalue weighted by Crippen LogP contribution is -2.45. The van der Waals surface area contributed by atoms with Gasteiger partial charge in [-0.25, -0.2) is 8.42 Å². The molecule has 1 aliphatic rings. The molecule has 0 fully saturated rings. The molecule has 10 heteroatoms. The van der Waals surface area contributed by atoms with Gasteiger partial charge in [-0.1, -0.05) is 17.7 Å². The van der Waals surface area contributed by atoms with Gasteiger partial charge in [0, 0.05) is 18.1 Å². The fourth-order valence-corrected chi connectivity index (χ4v) is 6.03. The number of nitrogens with one attached hydrogen (secondary N) is 1. The summed E-state index contributed by atoms with van der Waals surface area (Å²) >= 11 is 0. The molecule has 1 atom stereocenters. The standard InChI is InChI=1S/C29H34N2O7S/c1-19-7-9-20(10-8-19)31(39(33,34)22-12-14-26(36-5)27(16-22)37-6)18-28(32)30-24-17-29(2,3)38-25-13-11-21(35-4)15-23(24)25/h7-16,24H,17-18H2,1-6H3,(H,30,32). The summed E-state index contributed by atoms with van der Waals surface area (Å²) in [5.41, 5.74) is 1.55. The van der Waals surface area contributed by atoms with Crippen LogP contribution < -0.4 is 28.6 Å². The number of hydrogen-bond acceptors (Lipinski definition) is 7. The number of ether oxygens (including phenoxy) is 4. The van der Waals surface area contributed by atoms with E-state index in [1.165, 1.54) is 32.4 Å². The van der Waals surface area contributed by atoms with Crippen LogP contribution in [0.15, 0.2) is 65.6 Å². The summed E-state index contributed by atoms with van der Waals surface area (Å²) in [7, 11) is 0.313. The maximum Gasteiger partial charge on any atom is 0.264 e. The van der Waals surface area contributed by atoms with Crippen molar-refractivity contribution in [2.24, 2.45) is 0 Å². The average molecular weight is 555 g/mol. The first-order valence-electron chi connectivity index (χ1n) is 12.4. The number of rotatable bonds is 9. The second kappa shape index (κ2) is 11.1. The Kier molecular flexibility index (Phi) is 7.96. The third kappa shape index (κ3) is 6.06. The minimum absolute atomic E-state index is 0.0317. The number of carbonyl (C=O) groups is 1. The highest BCUT2D eigenvalue weighted by Gasteiger charge is 2.36. The third-order valence-electron chi connectivity index (χ3n) is 6.56. The van der Waals surface area contributed by atoms with Crippen LogP contribution in [0.3, 0.4) is 0 Å². The van der Waals surface area contributed by atoms with E-state index in [0.29, 0.717) is 29.4 Å². The molecule has 4 rings (SSSR count). The summed E-state index contributed by atoms with van der Waals surface area (Å²) in [6.07, 6.45) is 0.492. The maximum atomic E-state index is 13.9. The van der Waals surface area contributed by atoms with Crippen LogP contribution in [-0.2, 0) is 14.8 Å². The van der Waals surface area contributed by atoms with Crippen molar-refractivity contribution in [1.82, 2.24) is 5.32 Å². The van der Waals surface area contributed by atoms with E-state index in [2.05, 4.69) is 5.32 Å². The van der Waals surface area contributed by atoms with Gasteiger partial charge in [0.2, 0.25) is 5.91 Å². The molecular formula is C29H34N2O7S. The van der Waals surface area contributed by atoms with Crippen LogP contribution in [0.1, 0.15) is 37.4 Å². The topological polar surface area (TPSA) is 103 Å². The molecule has 0 saturated carbocycles. The highest BCUT2D eigenvalue weighted by atomic mass is 32.2. The van der Waals surface area contributed by atoms with E-state index in [9.17, 15) is 13.2 Å². The maximum absolute atomic E-state index is 13.9. The summed E-state index contributed by atoms with van der Waals surface area (Å²) in [4.78, 5) is 13.5. The summed E-state index contributed by atoms with van der Waals surface area (Å²) in [6, 6.07) is 16.3. The number of amides is 1. The number of methoxy groups -OCH3 is 3. The summed E-state index contributed by atoms with van der Waals surface area (Å²) in [5.74, 6) is 1.48. The summed E-state index contributed by atoms with van der Waals surface area (Å²) < 4.78 is 51.0. The molecule has 1 amide bonds. The fraction of sp³-hybridized carbons (Fsp3) is 0.345. The molecule has 1 N–H and O–H groups in total. The number of hydrogen-bond donors (Lipinski definition) is 1. The van der Waals surface area contributed by atoms with Gasteiger partial charge < -0.3 is 24.3 Å². The number of anilines is 1. The molecule has 0 aliphatic carbocycles. The second-order valence-corrected chi connectivity index (χ2v) is 11.8. The van der Waals surface area contributed by atoms with Gasteiger partial charge in [0.05, 0.1) is 38.0 Å². The van der Waals surface area contributed by atoms with E-state index >= 15 is 0 Å². The molecule has 3 aromatic carbocycles. The van der Waals surface area contributed by atoms with Gasteiger partial charge in [0.15, 0.2) is 11.5 Å². The summed E-state index contributed by atoms with van der Waals surface area (Å²) in [6.45, 7) is 5.36. The van der Waals surface area contributed by atoms with Gasteiger partial charge >= 0.3 is 0 Å². The Labute approximate surface area is 229 Å². The first kappa shape index (κ1) is 28.1. The minimum atomic E-state index is -4.16. The number of carbonyl (C=O) groups excluding carboxylic acids is 1. The van der Waals surface area contributed by atoms with Crippen LogP contribution >= 0.6 is 0 Å². The van der Waals surface area contributed by atoms with Crippen molar-refractivity contribution in [3.05, 3.63) is 71.8 Å². The minimum Gasteiger partial charge on any atom is -0.497 e. The van der Waals surface area contributed by atoms with Crippen molar-refractivity contribution in [2.75, 3.05) is 32.2 Å². The molecule has 0 radical (unpaired) electrons. The molecule has 39 heavy (non-hydrogen) atoms. The molecule has 1 aliphatic heterocycles. The first-order chi connectivity index (χ1) is 18.5. The molecule has 208 valence electrons. The van der Waals surface area contributed by atoms with Gasteiger partial charge in [-0.3, -0.25) is 9.10 Å². The average Bonchev–Trinajstić information content (AvgIpc) is 2.91. The molecule has 1 heterocycles. The molecule has 0 saturated heterocycles. The lowest BCUT2D eigenvalue weighted by molar-refractivity contribution is -0.120. The number of aryl methyl sites for hydroxylation is 1. The van der Waals surface area contributed by atoms with E-state index in [-0.39, 0.29) is 10.6 Å². The Morgan fingerprint density at radius 1 is 0.974 bits per heavy atom. The quantitative estimate of drug-likeness (QED) is 0.411. The van der Waals surface area contributed by atoms with E-state index in [0.717, 1.165) is 15.4 Å². The number of benzene rings is 3. The zero-order valence-corrected chi connectivity index (χ0v) is 23.8. The van der Waals surface area contributed by atoms with Gasteiger partial charge in [-0.15, -0.1) is 0 Å². The van der Waals surface area contributed by atoms with Crippen molar-refractivity contribution >= 4 is 21.6 Å². The predicted molar refractivity (Wildman–Crippen MR) is 148 cm³/mol. The van der Waals surface area contributed by atoms with Crippen LogP contribution in [0.4, 0.5) is 5.69 Å². The van der Waals surface area contributed by atoms with Crippen molar-refractivity contribution in [3.8, 4) is 23.0 Å². The Morgan fingerprint density at radius 3 is 2.31 bits per heavy atom. The molecular weight excluding hydrogens is 520 g/mol. The van der Waals surface area contributed by atoms with E-state index in [1.54, 1.807) is 37.4 Å². The predicted octanol–water partition coefficient (Wildman–Crippen LogP) is 4.63. The largest absolute Gasteiger partial charge is 0.497 e. The Morgan fingerprint density at radius 2 is 1.67 bits per heavy atom. The SMILES string of the molecule is COc1ccc2c(c1)C(NC(=O)CN(c1ccc(C)cc1)S(=O)(=O)c1ccc(OC)c(OC)c1)CC(C)(C)O2. The van der Waals surface area contributed by atoms with E-state index in [1.807, 2.05) is 32.9 Å². The Balaban J connectivity index is 1.68. The number of fused-ring (bicyclic) bond motifs is 1. The normalized spacial score (nSPS) is 15.9. The zero-order valence-electron chi connectivity index (χ0n) is 23.0. The lowest BCUT2D eigenvalue weighted by atomic mass is 9.89. The monoisotopic (exact) mass is 554 g/mol. The number of nitrogens with zero attached hydrogens (tertiary/aromatic N) is 1. The first-order valence-corrected chi connectivity index (χ1v) is 13.9. The molecule has 0 bridgehead atoms. The van der Waals surface area contributed by atoms with Gasteiger partial charge in [-0.2, -0.15) is 0 Å². The van der Waals surface area contributed by atoms with E-state index in [4.69, 9.17) is 18.9 Å². The highest BCUT2D eigenvalue weighted by Crippen LogP contribution is 2.41.